The minimum Gasteiger partial charge on any atom is -0.399 e. The maximum atomic E-state index is 7.28. The highest BCUT2D eigenvalue weighted by atomic mass is 28.4. The highest BCUT2D eigenvalue weighted by Crippen LogP contribution is 2.44. The van der Waals surface area contributed by atoms with Crippen LogP contribution in [0.3, 0.4) is 0 Å². The topological polar surface area (TPSA) is 36.9 Å². The Morgan fingerprint density at radius 2 is 1.47 bits per heavy atom. The molecular weight excluding hydrogens is 392 g/mol. The van der Waals surface area contributed by atoms with Crippen molar-refractivity contribution >= 4 is 18.7 Å². The first-order chi connectivity index (χ1) is 14.2. The molecule has 4 rings (SSSR count). The second-order valence-corrected chi connectivity index (χ2v) is 13.8. The third-order valence-corrected chi connectivity index (χ3v) is 11.0. The molecule has 0 amide bonds. The van der Waals surface area contributed by atoms with Gasteiger partial charge in [-0.25, -0.2) is 0 Å². The van der Waals surface area contributed by atoms with Crippen LogP contribution in [0.15, 0.2) is 73.3 Å². The lowest BCUT2D eigenvalue weighted by molar-refractivity contribution is -0.208. The minimum atomic E-state index is -2.74. The molecule has 160 valence electrons. The lowest BCUT2D eigenvalue weighted by Crippen LogP contribution is -2.69. The monoisotopic (exact) mass is 424 g/mol. The molecule has 2 aliphatic rings. The van der Waals surface area contributed by atoms with Gasteiger partial charge in [0.1, 0.15) is 18.3 Å². The van der Waals surface area contributed by atoms with Gasteiger partial charge in [0.2, 0.25) is 0 Å². The van der Waals surface area contributed by atoms with Gasteiger partial charge in [0.05, 0.1) is 0 Å². The summed E-state index contributed by atoms with van der Waals surface area (Å²) >= 11 is 0. The Balaban J connectivity index is 1.85. The van der Waals surface area contributed by atoms with E-state index < -0.39 is 20.4 Å². The minimum absolute atomic E-state index is 0.130. The standard InChI is InChI=1S/C25H32O4Si/c1-7-20-21(22-23(26-20)28-25(5,6)27-22)29-30(24(2,3)4,18-14-10-8-11-15-18)19-16-12-9-13-17-19/h7-17,20-23H,1H2,2-6H3/t20-,21+,22-,23-/m1/s1. The molecular formula is C25H32O4Si. The predicted octanol–water partition coefficient (Wildman–Crippen LogP) is 3.99. The van der Waals surface area contributed by atoms with E-state index in [1.54, 1.807) is 6.08 Å². The zero-order chi connectivity index (χ0) is 21.6. The Hall–Kier alpha value is -1.76. The van der Waals surface area contributed by atoms with Crippen LogP contribution >= 0.6 is 0 Å². The summed E-state index contributed by atoms with van der Waals surface area (Å²) < 4.78 is 25.7. The Morgan fingerprint density at radius 1 is 0.933 bits per heavy atom. The molecule has 0 aromatic heterocycles. The molecule has 0 aliphatic carbocycles. The van der Waals surface area contributed by atoms with E-state index in [-0.39, 0.29) is 23.4 Å². The van der Waals surface area contributed by atoms with Gasteiger partial charge in [-0.1, -0.05) is 87.5 Å². The summed E-state index contributed by atoms with van der Waals surface area (Å²) in [5.41, 5.74) is 0. The van der Waals surface area contributed by atoms with Gasteiger partial charge in [-0.15, -0.1) is 6.58 Å². The third-order valence-electron chi connectivity index (χ3n) is 5.99. The molecule has 0 radical (unpaired) electrons. The Kier molecular flexibility index (Phi) is 5.53. The zero-order valence-electron chi connectivity index (χ0n) is 18.5. The van der Waals surface area contributed by atoms with Gasteiger partial charge in [0.25, 0.3) is 8.32 Å². The van der Waals surface area contributed by atoms with Gasteiger partial charge in [-0.2, -0.15) is 0 Å². The molecule has 2 aromatic carbocycles. The number of benzene rings is 2. The number of fused-ring (bicyclic) bond motifs is 1. The molecule has 0 N–H and O–H groups in total. The molecule has 2 heterocycles. The summed E-state index contributed by atoms with van der Waals surface area (Å²) in [4.78, 5) is 0. The van der Waals surface area contributed by atoms with Gasteiger partial charge in [0.15, 0.2) is 12.1 Å². The van der Waals surface area contributed by atoms with Crippen LogP contribution in [-0.2, 0) is 18.6 Å². The third kappa shape index (κ3) is 3.59. The normalized spacial score (nSPS) is 28.3. The molecule has 5 heteroatoms. The second kappa shape index (κ2) is 7.73. The van der Waals surface area contributed by atoms with Gasteiger partial charge in [0, 0.05) is 0 Å². The molecule has 4 nitrogen and oxygen atoms in total. The molecule has 2 fully saturated rings. The first-order valence-electron chi connectivity index (χ1n) is 10.6. The quantitative estimate of drug-likeness (QED) is 0.537. The van der Waals surface area contributed by atoms with Crippen LogP contribution in [0.2, 0.25) is 5.04 Å². The van der Waals surface area contributed by atoms with Crippen molar-refractivity contribution in [1.29, 1.82) is 0 Å². The summed E-state index contributed by atoms with van der Waals surface area (Å²) in [5.74, 6) is -0.700. The van der Waals surface area contributed by atoms with Gasteiger partial charge >= 0.3 is 0 Å². The Morgan fingerprint density at radius 3 is 1.93 bits per heavy atom. The van der Waals surface area contributed by atoms with Crippen LogP contribution in [0.1, 0.15) is 34.6 Å². The Labute approximate surface area is 180 Å². The summed E-state index contributed by atoms with van der Waals surface area (Å²) in [6.07, 6.45) is 0.453. The summed E-state index contributed by atoms with van der Waals surface area (Å²) in [6, 6.07) is 21.2. The van der Waals surface area contributed by atoms with Gasteiger partial charge in [-0.05, 0) is 29.3 Å². The van der Waals surface area contributed by atoms with E-state index in [1.807, 2.05) is 26.0 Å². The number of hydrogen-bond donors (Lipinski definition) is 0. The van der Waals surface area contributed by atoms with Crippen LogP contribution in [0, 0.1) is 0 Å². The van der Waals surface area contributed by atoms with Crippen molar-refractivity contribution in [2.75, 3.05) is 0 Å². The predicted molar refractivity (Wildman–Crippen MR) is 121 cm³/mol. The van der Waals surface area contributed by atoms with Gasteiger partial charge in [-0.3, -0.25) is 0 Å². The molecule has 4 atom stereocenters. The summed E-state index contributed by atoms with van der Waals surface area (Å²) in [5, 5.41) is 2.33. The van der Waals surface area contributed by atoms with Crippen LogP contribution in [0.25, 0.3) is 0 Å². The fourth-order valence-corrected chi connectivity index (χ4v) is 9.41. The molecule has 0 bridgehead atoms. The number of hydrogen-bond acceptors (Lipinski definition) is 4. The maximum Gasteiger partial charge on any atom is 0.261 e. The molecule has 0 spiro atoms. The second-order valence-electron chi connectivity index (χ2n) is 9.55. The van der Waals surface area contributed by atoms with Gasteiger partial charge < -0.3 is 18.6 Å². The van der Waals surface area contributed by atoms with Crippen LogP contribution < -0.4 is 10.4 Å². The molecule has 2 aromatic rings. The smallest absolute Gasteiger partial charge is 0.261 e. The van der Waals surface area contributed by atoms with Crippen molar-refractivity contribution in [3.8, 4) is 0 Å². The van der Waals surface area contributed by atoms with Crippen molar-refractivity contribution < 1.29 is 18.6 Å². The molecule has 0 saturated carbocycles. The molecule has 30 heavy (non-hydrogen) atoms. The van der Waals surface area contributed by atoms with Crippen molar-refractivity contribution in [3.05, 3.63) is 73.3 Å². The maximum absolute atomic E-state index is 7.28. The molecule has 2 saturated heterocycles. The fourth-order valence-electron chi connectivity index (χ4n) is 4.72. The highest BCUT2D eigenvalue weighted by molar-refractivity contribution is 6.99. The average molecular weight is 425 g/mol. The van der Waals surface area contributed by atoms with Crippen molar-refractivity contribution in [1.82, 2.24) is 0 Å². The molecule has 0 unspecified atom stereocenters. The lowest BCUT2D eigenvalue weighted by atomic mass is 10.1. The van der Waals surface area contributed by atoms with Crippen LogP contribution in [0.4, 0.5) is 0 Å². The average Bonchev–Trinajstić information content (AvgIpc) is 3.17. The SMILES string of the molecule is C=C[C@H]1O[C@@H]2OC(C)(C)O[C@@H]2[C@H]1O[Si](c1ccccc1)(c1ccccc1)C(C)(C)C. The molecule has 2 aliphatic heterocycles. The first kappa shape index (κ1) is 21.5. The Bertz CT molecular complexity index is 836. The van der Waals surface area contributed by atoms with E-state index in [9.17, 15) is 0 Å². The van der Waals surface area contributed by atoms with Crippen molar-refractivity contribution in [3.63, 3.8) is 0 Å². The fraction of sp³-hybridized carbons (Fsp3) is 0.440. The largest absolute Gasteiger partial charge is 0.399 e. The van der Waals surface area contributed by atoms with Crippen molar-refractivity contribution in [2.45, 2.75) is 70.0 Å². The van der Waals surface area contributed by atoms with Crippen LogP contribution in [-0.4, -0.2) is 38.7 Å². The number of rotatable bonds is 5. The first-order valence-corrected chi connectivity index (χ1v) is 12.5. The van der Waals surface area contributed by atoms with E-state index in [2.05, 4.69) is 75.9 Å². The van der Waals surface area contributed by atoms with E-state index in [4.69, 9.17) is 18.6 Å². The lowest BCUT2D eigenvalue weighted by Gasteiger charge is -2.45. The van der Waals surface area contributed by atoms with E-state index in [0.29, 0.717) is 0 Å². The summed E-state index contributed by atoms with van der Waals surface area (Å²) in [6.45, 7) is 14.6. The zero-order valence-corrected chi connectivity index (χ0v) is 19.5. The van der Waals surface area contributed by atoms with Crippen molar-refractivity contribution in [2.24, 2.45) is 0 Å². The van der Waals surface area contributed by atoms with E-state index >= 15 is 0 Å². The number of ether oxygens (including phenoxy) is 3. The highest BCUT2D eigenvalue weighted by Gasteiger charge is 2.59. The van der Waals surface area contributed by atoms with Crippen LogP contribution in [0.5, 0.6) is 0 Å². The summed E-state index contributed by atoms with van der Waals surface area (Å²) in [7, 11) is -2.74. The van der Waals surface area contributed by atoms with E-state index in [0.717, 1.165) is 0 Å². The van der Waals surface area contributed by atoms with E-state index in [1.165, 1.54) is 10.4 Å².